The van der Waals surface area contributed by atoms with Gasteiger partial charge in [0.15, 0.2) is 0 Å². The predicted molar refractivity (Wildman–Crippen MR) is 42.4 cm³/mol. The molecular weight excluding hydrogens is 171 g/mol. The summed E-state index contributed by atoms with van der Waals surface area (Å²) in [6.45, 7) is 3.73. The van der Waals surface area contributed by atoms with Crippen molar-refractivity contribution in [3.63, 3.8) is 0 Å². The fourth-order valence-electron chi connectivity index (χ4n) is 0.924. The van der Waals surface area contributed by atoms with Crippen LogP contribution >= 0.6 is 23.2 Å². The molecule has 0 heterocycles. The van der Waals surface area contributed by atoms with Gasteiger partial charge in [0.1, 0.15) is 10.1 Å². The first-order valence-corrected chi connectivity index (χ1v) is 4.12. The summed E-state index contributed by atoms with van der Waals surface area (Å²) in [5, 5.41) is 0. The number of rotatable bonds is 2. The van der Waals surface area contributed by atoms with Crippen molar-refractivity contribution in [3.05, 3.63) is 0 Å². The van der Waals surface area contributed by atoms with Crippen LogP contribution in [0.5, 0.6) is 0 Å². The molecule has 58 valence electrons. The van der Waals surface area contributed by atoms with Crippen molar-refractivity contribution in [2.24, 2.45) is 11.8 Å². The molecule has 0 aromatic heterocycles. The van der Waals surface area contributed by atoms with Gasteiger partial charge in [-0.2, -0.15) is 0 Å². The van der Waals surface area contributed by atoms with Crippen molar-refractivity contribution in [2.45, 2.75) is 24.6 Å². The van der Waals surface area contributed by atoms with E-state index in [4.69, 9.17) is 23.2 Å². The lowest BCUT2D eigenvalue weighted by molar-refractivity contribution is -0.123. The van der Waals surface area contributed by atoms with Gasteiger partial charge >= 0.3 is 0 Å². The highest BCUT2D eigenvalue weighted by Crippen LogP contribution is 2.54. The van der Waals surface area contributed by atoms with Crippen LogP contribution in [0.2, 0.25) is 0 Å². The first-order chi connectivity index (χ1) is 4.45. The van der Waals surface area contributed by atoms with Crippen LogP contribution in [0, 0.1) is 11.8 Å². The highest BCUT2D eigenvalue weighted by atomic mass is 35.5. The minimum Gasteiger partial charge on any atom is -0.299 e. The molecule has 0 aromatic carbocycles. The monoisotopic (exact) mass is 180 g/mol. The SMILES string of the molecule is CC(C)C(=O)C1CC1(Cl)Cl. The Kier molecular flexibility index (Phi) is 1.99. The minimum atomic E-state index is -0.735. The van der Waals surface area contributed by atoms with E-state index in [1.807, 2.05) is 13.8 Å². The molecule has 10 heavy (non-hydrogen) atoms. The van der Waals surface area contributed by atoms with Crippen LogP contribution in [0.1, 0.15) is 20.3 Å². The zero-order chi connectivity index (χ0) is 7.94. The summed E-state index contributed by atoms with van der Waals surface area (Å²) in [7, 11) is 0. The maximum Gasteiger partial charge on any atom is 0.141 e. The molecule has 0 radical (unpaired) electrons. The molecule has 3 heteroatoms. The molecule has 0 aliphatic heterocycles. The summed E-state index contributed by atoms with van der Waals surface area (Å²) in [6, 6.07) is 0. The molecule has 1 rings (SSSR count). The lowest BCUT2D eigenvalue weighted by Gasteiger charge is -2.01. The van der Waals surface area contributed by atoms with Crippen molar-refractivity contribution >= 4 is 29.0 Å². The van der Waals surface area contributed by atoms with E-state index in [9.17, 15) is 4.79 Å². The van der Waals surface area contributed by atoms with Crippen molar-refractivity contribution < 1.29 is 4.79 Å². The van der Waals surface area contributed by atoms with Gasteiger partial charge in [0.25, 0.3) is 0 Å². The van der Waals surface area contributed by atoms with Gasteiger partial charge in [0.05, 0.1) is 5.92 Å². The molecule has 1 saturated carbocycles. The molecule has 0 N–H and O–H groups in total. The van der Waals surface area contributed by atoms with Gasteiger partial charge < -0.3 is 0 Å². The van der Waals surface area contributed by atoms with Gasteiger partial charge in [-0.25, -0.2) is 0 Å². The number of hydrogen-bond donors (Lipinski definition) is 0. The highest BCUT2D eigenvalue weighted by molar-refractivity contribution is 6.52. The van der Waals surface area contributed by atoms with Crippen molar-refractivity contribution in [2.75, 3.05) is 0 Å². The second-order valence-electron chi connectivity index (χ2n) is 3.07. The molecule has 0 amide bonds. The largest absolute Gasteiger partial charge is 0.299 e. The van der Waals surface area contributed by atoms with Crippen LogP contribution in [0.15, 0.2) is 0 Å². The van der Waals surface area contributed by atoms with Crippen LogP contribution in [0.25, 0.3) is 0 Å². The maximum absolute atomic E-state index is 11.2. The van der Waals surface area contributed by atoms with E-state index < -0.39 is 4.33 Å². The van der Waals surface area contributed by atoms with Gasteiger partial charge in [0, 0.05) is 5.92 Å². The topological polar surface area (TPSA) is 17.1 Å². The Labute approximate surface area is 70.7 Å². The number of carbonyl (C=O) groups excluding carboxylic acids is 1. The second-order valence-corrected chi connectivity index (χ2v) is 4.62. The van der Waals surface area contributed by atoms with Crippen LogP contribution in [0.3, 0.4) is 0 Å². The molecule has 0 bridgehead atoms. The summed E-state index contributed by atoms with van der Waals surface area (Å²) in [5.74, 6) is 0.144. The van der Waals surface area contributed by atoms with Crippen LogP contribution in [-0.4, -0.2) is 10.1 Å². The second kappa shape index (κ2) is 2.38. The average molecular weight is 181 g/mol. The lowest BCUT2D eigenvalue weighted by Crippen LogP contribution is -2.12. The van der Waals surface area contributed by atoms with E-state index in [2.05, 4.69) is 0 Å². The van der Waals surface area contributed by atoms with Gasteiger partial charge in [-0.3, -0.25) is 4.79 Å². The van der Waals surface area contributed by atoms with E-state index >= 15 is 0 Å². The summed E-state index contributed by atoms with van der Waals surface area (Å²) >= 11 is 11.4. The number of alkyl halides is 2. The third-order valence-corrected chi connectivity index (χ3v) is 2.57. The molecule has 1 nitrogen and oxygen atoms in total. The summed E-state index contributed by atoms with van der Waals surface area (Å²) < 4.78 is -0.735. The molecular formula is C7H10Cl2O. The summed E-state index contributed by atoms with van der Waals surface area (Å²) in [5.41, 5.74) is 0. The van der Waals surface area contributed by atoms with E-state index in [0.717, 1.165) is 0 Å². The molecule has 1 aliphatic carbocycles. The summed E-state index contributed by atoms with van der Waals surface area (Å²) in [6.07, 6.45) is 0.632. The van der Waals surface area contributed by atoms with Crippen molar-refractivity contribution in [1.82, 2.24) is 0 Å². The Morgan fingerprint density at radius 2 is 2.00 bits per heavy atom. The third kappa shape index (κ3) is 1.46. The lowest BCUT2D eigenvalue weighted by atomic mass is 10.1. The number of halogens is 2. The fourth-order valence-corrected chi connectivity index (χ4v) is 1.45. The fraction of sp³-hybridized carbons (Fsp3) is 0.857. The molecule has 1 fully saturated rings. The number of carbonyl (C=O) groups is 1. The quantitative estimate of drug-likeness (QED) is 0.597. The Morgan fingerprint density at radius 1 is 1.60 bits per heavy atom. The number of hydrogen-bond acceptors (Lipinski definition) is 1. The third-order valence-electron chi connectivity index (χ3n) is 1.74. The van der Waals surface area contributed by atoms with E-state index in [1.165, 1.54) is 0 Å². The van der Waals surface area contributed by atoms with Gasteiger partial charge in [-0.15, -0.1) is 23.2 Å². The molecule has 0 saturated heterocycles. The van der Waals surface area contributed by atoms with Crippen LogP contribution in [0.4, 0.5) is 0 Å². The number of Topliss-reactive ketones (excluding diaryl/α,β-unsaturated/α-hetero) is 1. The minimum absolute atomic E-state index is 0.0596. The first-order valence-electron chi connectivity index (χ1n) is 3.36. The Balaban J connectivity index is 2.48. The van der Waals surface area contributed by atoms with Gasteiger partial charge in [0.2, 0.25) is 0 Å². The maximum atomic E-state index is 11.2. The molecule has 1 atom stereocenters. The predicted octanol–water partition coefficient (Wildman–Crippen LogP) is 2.41. The van der Waals surface area contributed by atoms with E-state index in [-0.39, 0.29) is 17.6 Å². The Bertz CT molecular complexity index is 163. The normalized spacial score (nSPS) is 28.7. The van der Waals surface area contributed by atoms with Crippen molar-refractivity contribution in [1.29, 1.82) is 0 Å². The van der Waals surface area contributed by atoms with Gasteiger partial charge in [-0.1, -0.05) is 13.8 Å². The smallest absolute Gasteiger partial charge is 0.141 e. The van der Waals surface area contributed by atoms with Crippen LogP contribution < -0.4 is 0 Å². The highest BCUT2D eigenvalue weighted by Gasteiger charge is 2.56. The Hall–Kier alpha value is 0.250. The standard InChI is InChI=1S/C7H10Cl2O/c1-4(2)6(10)5-3-7(5,8)9/h4-5H,3H2,1-2H3. The van der Waals surface area contributed by atoms with Crippen LogP contribution in [-0.2, 0) is 4.79 Å². The van der Waals surface area contributed by atoms with E-state index in [0.29, 0.717) is 6.42 Å². The molecule has 0 spiro atoms. The molecule has 1 aliphatic rings. The molecule has 1 unspecified atom stereocenters. The molecule has 0 aromatic rings. The zero-order valence-corrected chi connectivity index (χ0v) is 7.54. The van der Waals surface area contributed by atoms with Gasteiger partial charge in [-0.05, 0) is 6.42 Å². The summed E-state index contributed by atoms with van der Waals surface area (Å²) in [4.78, 5) is 11.2. The zero-order valence-electron chi connectivity index (χ0n) is 6.03. The van der Waals surface area contributed by atoms with E-state index in [1.54, 1.807) is 0 Å². The Morgan fingerprint density at radius 3 is 2.10 bits per heavy atom. The van der Waals surface area contributed by atoms with Crippen molar-refractivity contribution in [3.8, 4) is 0 Å². The number of ketones is 1. The average Bonchev–Trinajstić information content (AvgIpc) is 2.38. The first kappa shape index (κ1) is 8.35.